The van der Waals surface area contributed by atoms with Crippen molar-refractivity contribution in [2.45, 2.75) is 6.17 Å². The lowest BCUT2D eigenvalue weighted by molar-refractivity contribution is 0.694. The van der Waals surface area contributed by atoms with Gasteiger partial charge in [0.1, 0.15) is 12.0 Å². The fraction of sp³-hybridized carbons (Fsp3) is 0.0455. The minimum atomic E-state index is 0.0255. The Morgan fingerprint density at radius 2 is 1.60 bits per heavy atom. The number of anilines is 1. The molecule has 3 nitrogen and oxygen atoms in total. The Hall–Kier alpha value is -3.33. The highest BCUT2D eigenvalue weighted by Crippen LogP contribution is 2.38. The molecule has 25 heavy (non-hydrogen) atoms. The normalized spacial score (nSPS) is 15.8. The van der Waals surface area contributed by atoms with Gasteiger partial charge in [0.15, 0.2) is 0 Å². The first kappa shape index (κ1) is 14.1. The molecule has 3 aromatic carbocycles. The minimum Gasteiger partial charge on any atom is -0.361 e. The molecule has 5 rings (SSSR count). The Kier molecular flexibility index (Phi) is 3.17. The Morgan fingerprint density at radius 1 is 0.840 bits per heavy atom. The molecule has 0 unspecified atom stereocenters. The van der Waals surface area contributed by atoms with Gasteiger partial charge in [0, 0.05) is 11.3 Å². The van der Waals surface area contributed by atoms with Gasteiger partial charge in [-0.2, -0.15) is 0 Å². The van der Waals surface area contributed by atoms with Crippen LogP contribution in [-0.4, -0.2) is 9.55 Å². The summed E-state index contributed by atoms with van der Waals surface area (Å²) in [7, 11) is 0. The molecule has 1 aromatic heterocycles. The summed E-state index contributed by atoms with van der Waals surface area (Å²) in [6, 6.07) is 27.0. The molecule has 0 bridgehead atoms. The predicted octanol–water partition coefficient (Wildman–Crippen LogP) is 5.34. The molecule has 3 heteroatoms. The highest BCUT2D eigenvalue weighted by molar-refractivity contribution is 5.86. The molecular formula is C22H17N3. The van der Waals surface area contributed by atoms with Crippen molar-refractivity contribution in [3.63, 3.8) is 0 Å². The maximum absolute atomic E-state index is 4.89. The van der Waals surface area contributed by atoms with Crippen LogP contribution in [0, 0.1) is 0 Å². The number of aromatic nitrogens is 2. The highest BCUT2D eigenvalue weighted by Gasteiger charge is 2.25. The van der Waals surface area contributed by atoms with E-state index >= 15 is 0 Å². The number of nitrogens with zero attached hydrogens (tertiary/aromatic N) is 2. The second-order valence-electron chi connectivity index (χ2n) is 6.20. The molecule has 1 N–H and O–H groups in total. The van der Waals surface area contributed by atoms with Gasteiger partial charge in [-0.1, -0.05) is 60.7 Å². The second kappa shape index (κ2) is 5.64. The summed E-state index contributed by atoms with van der Waals surface area (Å²) in [5.74, 6) is 1.01. The Labute approximate surface area is 146 Å². The summed E-state index contributed by atoms with van der Waals surface area (Å²) in [5, 5.41) is 3.64. The van der Waals surface area contributed by atoms with Crippen LogP contribution in [0.25, 0.3) is 28.5 Å². The van der Waals surface area contributed by atoms with Crippen LogP contribution in [0.1, 0.15) is 11.7 Å². The molecule has 0 fully saturated rings. The van der Waals surface area contributed by atoms with Crippen LogP contribution in [0.5, 0.6) is 0 Å². The lowest BCUT2D eigenvalue weighted by Crippen LogP contribution is -2.21. The van der Waals surface area contributed by atoms with Crippen LogP contribution in [0.3, 0.4) is 0 Å². The monoisotopic (exact) mass is 323 g/mol. The standard InChI is InChI=1S/C22H17N3/c1-2-8-16(9-3-1)14-15-21-23-18-11-5-4-10-17(18)22-24-19-12-6-7-13-20(19)25(21)22/h1-15,21,23H/b15-14+/t21-/m1/s1. The topological polar surface area (TPSA) is 29.9 Å². The van der Waals surface area contributed by atoms with Crippen molar-refractivity contribution in [1.82, 2.24) is 9.55 Å². The molecule has 4 aromatic rings. The van der Waals surface area contributed by atoms with Crippen molar-refractivity contribution in [2.24, 2.45) is 0 Å². The molecule has 0 amide bonds. The number of hydrogen-bond donors (Lipinski definition) is 1. The van der Waals surface area contributed by atoms with Gasteiger partial charge >= 0.3 is 0 Å². The van der Waals surface area contributed by atoms with Crippen molar-refractivity contribution in [1.29, 1.82) is 0 Å². The van der Waals surface area contributed by atoms with Gasteiger partial charge in [0.05, 0.1) is 11.0 Å². The molecule has 0 saturated carbocycles. The predicted molar refractivity (Wildman–Crippen MR) is 103 cm³/mol. The summed E-state index contributed by atoms with van der Waals surface area (Å²) in [5.41, 5.74) is 5.61. The van der Waals surface area contributed by atoms with Crippen molar-refractivity contribution in [3.05, 3.63) is 90.5 Å². The molecule has 0 aliphatic carbocycles. The first-order chi connectivity index (χ1) is 12.4. The molecule has 0 radical (unpaired) electrons. The highest BCUT2D eigenvalue weighted by atomic mass is 15.2. The van der Waals surface area contributed by atoms with Crippen LogP contribution < -0.4 is 5.32 Å². The van der Waals surface area contributed by atoms with E-state index in [0.717, 1.165) is 28.1 Å². The molecule has 0 saturated heterocycles. The first-order valence-corrected chi connectivity index (χ1v) is 8.46. The number of imidazole rings is 1. The van der Waals surface area contributed by atoms with E-state index in [1.165, 1.54) is 5.56 Å². The number of fused-ring (bicyclic) bond motifs is 5. The number of para-hydroxylation sites is 3. The number of rotatable bonds is 2. The summed E-state index contributed by atoms with van der Waals surface area (Å²) < 4.78 is 2.27. The third kappa shape index (κ3) is 2.32. The van der Waals surface area contributed by atoms with Crippen molar-refractivity contribution in [3.8, 4) is 11.4 Å². The van der Waals surface area contributed by atoms with Gasteiger partial charge in [0.25, 0.3) is 0 Å². The van der Waals surface area contributed by atoms with E-state index in [2.05, 4.69) is 88.8 Å². The van der Waals surface area contributed by atoms with E-state index in [-0.39, 0.29) is 6.17 Å². The molecular weight excluding hydrogens is 306 g/mol. The Balaban J connectivity index is 1.68. The third-order valence-corrected chi connectivity index (χ3v) is 4.62. The zero-order valence-corrected chi connectivity index (χ0v) is 13.6. The molecule has 1 atom stereocenters. The molecule has 2 heterocycles. The van der Waals surface area contributed by atoms with E-state index in [0.29, 0.717) is 0 Å². The number of hydrogen-bond acceptors (Lipinski definition) is 2. The third-order valence-electron chi connectivity index (χ3n) is 4.62. The summed E-state index contributed by atoms with van der Waals surface area (Å²) in [4.78, 5) is 4.89. The van der Waals surface area contributed by atoms with Crippen molar-refractivity contribution < 1.29 is 0 Å². The molecule has 0 spiro atoms. The van der Waals surface area contributed by atoms with Gasteiger partial charge in [-0.25, -0.2) is 4.98 Å². The van der Waals surface area contributed by atoms with Gasteiger partial charge in [-0.05, 0) is 35.9 Å². The van der Waals surface area contributed by atoms with Gasteiger partial charge in [-0.3, -0.25) is 4.57 Å². The fourth-order valence-electron chi connectivity index (χ4n) is 3.44. The van der Waals surface area contributed by atoms with Crippen molar-refractivity contribution in [2.75, 3.05) is 5.32 Å². The lowest BCUT2D eigenvalue weighted by Gasteiger charge is -2.28. The molecule has 120 valence electrons. The number of benzene rings is 3. The van der Waals surface area contributed by atoms with Crippen LogP contribution in [0.2, 0.25) is 0 Å². The van der Waals surface area contributed by atoms with Gasteiger partial charge in [0.2, 0.25) is 0 Å². The maximum atomic E-state index is 4.89. The molecule has 1 aliphatic rings. The number of nitrogens with one attached hydrogen (secondary N) is 1. The first-order valence-electron chi connectivity index (χ1n) is 8.46. The van der Waals surface area contributed by atoms with E-state index in [9.17, 15) is 0 Å². The summed E-state index contributed by atoms with van der Waals surface area (Å²) in [6.45, 7) is 0. The minimum absolute atomic E-state index is 0.0255. The van der Waals surface area contributed by atoms with E-state index in [1.807, 2.05) is 12.1 Å². The smallest absolute Gasteiger partial charge is 0.145 e. The Morgan fingerprint density at radius 3 is 2.52 bits per heavy atom. The van der Waals surface area contributed by atoms with E-state index < -0.39 is 0 Å². The zero-order chi connectivity index (χ0) is 16.6. The van der Waals surface area contributed by atoms with E-state index in [1.54, 1.807) is 0 Å². The average molecular weight is 323 g/mol. The fourth-order valence-corrected chi connectivity index (χ4v) is 3.44. The average Bonchev–Trinajstić information content (AvgIpc) is 3.07. The van der Waals surface area contributed by atoms with Crippen LogP contribution in [-0.2, 0) is 0 Å². The van der Waals surface area contributed by atoms with Gasteiger partial charge < -0.3 is 5.32 Å². The largest absolute Gasteiger partial charge is 0.361 e. The summed E-state index contributed by atoms with van der Waals surface area (Å²) >= 11 is 0. The van der Waals surface area contributed by atoms with Crippen molar-refractivity contribution >= 4 is 22.8 Å². The SMILES string of the molecule is C(=C\[C@@H]1Nc2ccccc2-c2nc3ccccc3n21)/c1ccccc1. The zero-order valence-electron chi connectivity index (χ0n) is 13.6. The van der Waals surface area contributed by atoms with Crippen LogP contribution in [0.15, 0.2) is 84.9 Å². The Bertz CT molecular complexity index is 1080. The van der Waals surface area contributed by atoms with E-state index in [4.69, 9.17) is 4.98 Å². The summed E-state index contributed by atoms with van der Waals surface area (Å²) in [6.07, 6.45) is 4.38. The lowest BCUT2D eigenvalue weighted by atomic mass is 10.1. The van der Waals surface area contributed by atoms with Crippen LogP contribution >= 0.6 is 0 Å². The van der Waals surface area contributed by atoms with Gasteiger partial charge in [-0.15, -0.1) is 0 Å². The maximum Gasteiger partial charge on any atom is 0.145 e. The van der Waals surface area contributed by atoms with Crippen LogP contribution in [0.4, 0.5) is 5.69 Å². The quantitative estimate of drug-likeness (QED) is 0.539. The second-order valence-corrected chi connectivity index (χ2v) is 6.20. The molecule has 1 aliphatic heterocycles.